The largest absolute Gasteiger partial charge is 0.328 e. The molecule has 3 nitrogen and oxygen atoms in total. The van der Waals surface area contributed by atoms with Gasteiger partial charge in [-0.2, -0.15) is 0 Å². The number of carbonyl (C=O) groups is 1. The molecule has 1 heterocycles. The maximum absolute atomic E-state index is 12.9. The molecule has 0 unspecified atom stereocenters. The second-order valence-electron chi connectivity index (χ2n) is 6.80. The number of anilines is 1. The van der Waals surface area contributed by atoms with Gasteiger partial charge in [-0.05, 0) is 50.7 Å². The molecule has 4 rings (SSSR count). The van der Waals surface area contributed by atoms with E-state index in [2.05, 4.69) is 21.9 Å². The van der Waals surface area contributed by atoms with Crippen LogP contribution >= 0.6 is 0 Å². The Morgan fingerprint density at radius 3 is 2.24 bits per heavy atom. The zero-order valence-corrected chi connectivity index (χ0v) is 12.6. The molecule has 0 radical (unpaired) electrons. The molecule has 3 fully saturated rings. The van der Waals surface area contributed by atoms with Gasteiger partial charge in [-0.25, -0.2) is 4.79 Å². The fourth-order valence-electron chi connectivity index (χ4n) is 4.70. The van der Waals surface area contributed by atoms with E-state index in [1.807, 2.05) is 18.2 Å². The van der Waals surface area contributed by atoms with Crippen LogP contribution in [0.1, 0.15) is 57.8 Å². The molecular formula is C18H24N2O. The van der Waals surface area contributed by atoms with E-state index in [0.29, 0.717) is 6.04 Å². The molecule has 1 aromatic rings. The number of hydrogen-bond donors (Lipinski definition) is 0. The molecule has 0 atom stereocenters. The second-order valence-corrected chi connectivity index (χ2v) is 6.80. The molecule has 2 amide bonds. The van der Waals surface area contributed by atoms with E-state index in [4.69, 9.17) is 0 Å². The van der Waals surface area contributed by atoms with Crippen molar-refractivity contribution in [3.63, 3.8) is 0 Å². The lowest BCUT2D eigenvalue weighted by atomic mass is 9.87. The van der Waals surface area contributed by atoms with Gasteiger partial charge in [0.05, 0.1) is 0 Å². The van der Waals surface area contributed by atoms with Crippen LogP contribution in [0.15, 0.2) is 30.3 Å². The zero-order chi connectivity index (χ0) is 14.3. The third-order valence-electron chi connectivity index (χ3n) is 5.62. The van der Waals surface area contributed by atoms with Crippen LogP contribution in [-0.2, 0) is 0 Å². The number of nitrogens with zero attached hydrogens (tertiary/aromatic N) is 2. The molecule has 2 aliphatic carbocycles. The molecule has 0 N–H and O–H groups in total. The minimum Gasteiger partial charge on any atom is -0.298 e. The van der Waals surface area contributed by atoms with Gasteiger partial charge in [-0.15, -0.1) is 0 Å². The smallest absolute Gasteiger partial charge is 0.298 e. The molecule has 2 saturated carbocycles. The lowest BCUT2D eigenvalue weighted by molar-refractivity contribution is 0.0147. The first kappa shape index (κ1) is 13.2. The van der Waals surface area contributed by atoms with E-state index in [9.17, 15) is 4.79 Å². The summed E-state index contributed by atoms with van der Waals surface area (Å²) in [4.78, 5) is 17.2. The average Bonchev–Trinajstić information content (AvgIpc) is 3.01. The molecule has 112 valence electrons. The highest BCUT2D eigenvalue weighted by Gasteiger charge is 2.61. The lowest BCUT2D eigenvalue weighted by Crippen LogP contribution is -2.78. The van der Waals surface area contributed by atoms with Gasteiger partial charge in [0.15, 0.2) is 0 Å². The summed E-state index contributed by atoms with van der Waals surface area (Å²) in [6.07, 6.45) is 11.1. The maximum Gasteiger partial charge on any atom is 0.328 e. The van der Waals surface area contributed by atoms with Crippen LogP contribution in [-0.4, -0.2) is 22.6 Å². The summed E-state index contributed by atoms with van der Waals surface area (Å²) in [6, 6.07) is 11.0. The van der Waals surface area contributed by atoms with Crippen molar-refractivity contribution in [2.45, 2.75) is 69.5 Å². The summed E-state index contributed by atoms with van der Waals surface area (Å²) >= 11 is 0. The van der Waals surface area contributed by atoms with Crippen LogP contribution in [0.4, 0.5) is 10.5 Å². The van der Waals surface area contributed by atoms with E-state index in [1.54, 1.807) is 0 Å². The molecule has 3 heteroatoms. The highest BCUT2D eigenvalue weighted by molar-refractivity contribution is 6.01. The lowest BCUT2D eigenvalue weighted by Gasteiger charge is -2.62. The van der Waals surface area contributed by atoms with Crippen molar-refractivity contribution in [3.8, 4) is 0 Å². The van der Waals surface area contributed by atoms with Crippen molar-refractivity contribution in [1.82, 2.24) is 4.90 Å². The Balaban J connectivity index is 1.66. The summed E-state index contributed by atoms with van der Waals surface area (Å²) in [5.41, 5.74) is 1.08. The highest BCUT2D eigenvalue weighted by atomic mass is 16.2. The van der Waals surface area contributed by atoms with Gasteiger partial charge in [-0.1, -0.05) is 37.5 Å². The molecule has 1 aromatic carbocycles. The number of para-hydroxylation sites is 1. The molecule has 1 aliphatic heterocycles. The van der Waals surface area contributed by atoms with Crippen molar-refractivity contribution in [2.75, 3.05) is 4.90 Å². The third-order valence-corrected chi connectivity index (χ3v) is 5.62. The Bertz CT molecular complexity index is 515. The van der Waals surface area contributed by atoms with Gasteiger partial charge in [0, 0.05) is 11.7 Å². The monoisotopic (exact) mass is 284 g/mol. The third kappa shape index (κ3) is 1.90. The molecule has 3 aliphatic rings. The van der Waals surface area contributed by atoms with Crippen LogP contribution in [0.3, 0.4) is 0 Å². The number of hydrogen-bond acceptors (Lipinski definition) is 1. The predicted molar refractivity (Wildman–Crippen MR) is 84.2 cm³/mol. The Morgan fingerprint density at radius 1 is 0.905 bits per heavy atom. The molecule has 21 heavy (non-hydrogen) atoms. The molecule has 0 aromatic heterocycles. The Labute approximate surface area is 126 Å². The van der Waals surface area contributed by atoms with E-state index in [-0.39, 0.29) is 11.7 Å². The highest BCUT2D eigenvalue weighted by Crippen LogP contribution is 2.50. The first-order valence-electron chi connectivity index (χ1n) is 8.51. The van der Waals surface area contributed by atoms with Crippen molar-refractivity contribution in [2.24, 2.45) is 0 Å². The number of carbonyl (C=O) groups excluding carboxylic acids is 1. The number of urea groups is 1. The van der Waals surface area contributed by atoms with Gasteiger partial charge < -0.3 is 0 Å². The topological polar surface area (TPSA) is 23.6 Å². The van der Waals surface area contributed by atoms with Crippen LogP contribution in [0.5, 0.6) is 0 Å². The Kier molecular flexibility index (Phi) is 3.16. The summed E-state index contributed by atoms with van der Waals surface area (Å²) < 4.78 is 0. The van der Waals surface area contributed by atoms with Crippen molar-refractivity contribution >= 4 is 11.7 Å². The SMILES string of the molecule is O=C1N(c2ccccc2)C2(CCCC2)N1C1CCCCC1. The van der Waals surface area contributed by atoms with Crippen molar-refractivity contribution < 1.29 is 4.79 Å². The number of amides is 2. The first-order valence-corrected chi connectivity index (χ1v) is 8.51. The normalized spacial score (nSPS) is 25.4. The van der Waals surface area contributed by atoms with Gasteiger partial charge in [0.2, 0.25) is 0 Å². The summed E-state index contributed by atoms with van der Waals surface area (Å²) in [7, 11) is 0. The van der Waals surface area contributed by atoms with Crippen LogP contribution in [0.2, 0.25) is 0 Å². The van der Waals surface area contributed by atoms with Crippen molar-refractivity contribution in [1.29, 1.82) is 0 Å². The summed E-state index contributed by atoms with van der Waals surface area (Å²) in [6.45, 7) is 0. The van der Waals surface area contributed by atoms with Crippen LogP contribution in [0, 0.1) is 0 Å². The molecule has 1 spiro atoms. The quantitative estimate of drug-likeness (QED) is 0.782. The number of rotatable bonds is 2. The second kappa shape index (κ2) is 5.04. The van der Waals surface area contributed by atoms with Gasteiger partial charge >= 0.3 is 6.03 Å². The van der Waals surface area contributed by atoms with Crippen LogP contribution < -0.4 is 4.90 Å². The Hall–Kier alpha value is -1.51. The zero-order valence-electron chi connectivity index (χ0n) is 12.6. The van der Waals surface area contributed by atoms with E-state index < -0.39 is 0 Å². The summed E-state index contributed by atoms with van der Waals surface area (Å²) in [5.74, 6) is 0. The number of benzene rings is 1. The Morgan fingerprint density at radius 2 is 1.57 bits per heavy atom. The first-order chi connectivity index (χ1) is 10.3. The minimum atomic E-state index is 0.000440. The fourth-order valence-corrected chi connectivity index (χ4v) is 4.70. The summed E-state index contributed by atoms with van der Waals surface area (Å²) in [5, 5.41) is 0. The van der Waals surface area contributed by atoms with Gasteiger partial charge in [0.25, 0.3) is 0 Å². The van der Waals surface area contributed by atoms with E-state index in [1.165, 1.54) is 44.9 Å². The average molecular weight is 284 g/mol. The van der Waals surface area contributed by atoms with Gasteiger partial charge in [0.1, 0.15) is 5.66 Å². The van der Waals surface area contributed by atoms with E-state index in [0.717, 1.165) is 18.5 Å². The molecular weight excluding hydrogens is 260 g/mol. The van der Waals surface area contributed by atoms with Crippen molar-refractivity contribution in [3.05, 3.63) is 30.3 Å². The molecule has 0 bridgehead atoms. The van der Waals surface area contributed by atoms with Crippen LogP contribution in [0.25, 0.3) is 0 Å². The van der Waals surface area contributed by atoms with E-state index >= 15 is 0 Å². The molecule has 1 saturated heterocycles. The fraction of sp³-hybridized carbons (Fsp3) is 0.611. The predicted octanol–water partition coefficient (Wildman–Crippen LogP) is 4.53. The van der Waals surface area contributed by atoms with Gasteiger partial charge in [-0.3, -0.25) is 9.80 Å². The maximum atomic E-state index is 12.9. The standard InChI is InChI=1S/C18H24N2O/c21-17-19(15-9-3-1-4-10-15)18(13-7-8-14-18)20(17)16-11-5-2-6-12-16/h1,3-4,9-10,16H,2,5-8,11-14H2. The minimum absolute atomic E-state index is 0.000440.